The van der Waals surface area contributed by atoms with E-state index in [1.165, 1.54) is 12.1 Å². The fraction of sp³-hybridized carbons (Fsp3) is 0.682. The van der Waals surface area contributed by atoms with Crippen LogP contribution in [-0.4, -0.2) is 96.0 Å². The van der Waals surface area contributed by atoms with Gasteiger partial charge < -0.3 is 45.5 Å². The second-order valence-electron chi connectivity index (χ2n) is 9.07. The van der Waals surface area contributed by atoms with E-state index in [4.69, 9.17) is 14.2 Å². The minimum absolute atomic E-state index is 0.131. The Balaban J connectivity index is 1.56. The Kier molecular flexibility index (Phi) is 7.23. The molecule has 3 fully saturated rings. The first-order chi connectivity index (χ1) is 16.1. The maximum Gasteiger partial charge on any atom is 0.239 e. The van der Waals surface area contributed by atoms with Crippen LogP contribution in [0.3, 0.4) is 0 Å². The largest absolute Gasteiger partial charge is 0.390 e. The summed E-state index contributed by atoms with van der Waals surface area (Å²) in [6.07, 6.45) is -6.33. The van der Waals surface area contributed by atoms with Gasteiger partial charge in [-0.05, 0) is 33.5 Å². The fourth-order valence-electron chi connectivity index (χ4n) is 5.12. The molecule has 2 saturated heterocycles. The summed E-state index contributed by atoms with van der Waals surface area (Å²) in [5.41, 5.74) is -0.131. The van der Waals surface area contributed by atoms with Crippen molar-refractivity contribution < 1.29 is 43.1 Å². The standard InChI is InChI=1S/C22H31F2N3O7/c1-9-7-12(27-13(28)8-10-5-4-6-11(23)14(10)24)22(31)21(32-9)33-20-18(30)15(25-2)17(29)16(26-3)19(20)34-22/h4-6,9,12,15-21,25-26,29-31H,7-8H2,1-3H3,(H,27,28)/t9-,12-,15-,16?,17+,18+,19?,20?,21?,22?/m1/s1. The number of likely N-dealkylation sites (N-methyl/N-ethyl adjacent to an activating group) is 2. The number of hydrogen-bond donors (Lipinski definition) is 6. The third-order valence-corrected chi connectivity index (χ3v) is 6.87. The van der Waals surface area contributed by atoms with E-state index < -0.39 is 84.7 Å². The van der Waals surface area contributed by atoms with Crippen LogP contribution in [0.5, 0.6) is 0 Å². The van der Waals surface area contributed by atoms with Gasteiger partial charge >= 0.3 is 0 Å². The van der Waals surface area contributed by atoms with Gasteiger partial charge in [-0.3, -0.25) is 4.79 Å². The average molecular weight is 488 g/mol. The Morgan fingerprint density at radius 1 is 1.12 bits per heavy atom. The molecule has 1 aromatic carbocycles. The van der Waals surface area contributed by atoms with Crippen LogP contribution in [-0.2, 0) is 25.4 Å². The molecule has 34 heavy (non-hydrogen) atoms. The highest BCUT2D eigenvalue weighted by molar-refractivity contribution is 5.79. The second-order valence-corrected chi connectivity index (χ2v) is 9.07. The number of aliphatic hydroxyl groups is 3. The quantitative estimate of drug-likeness (QED) is 0.293. The van der Waals surface area contributed by atoms with Crippen LogP contribution in [0.25, 0.3) is 0 Å². The van der Waals surface area contributed by atoms with Gasteiger partial charge in [0.15, 0.2) is 11.6 Å². The number of benzene rings is 1. The molecule has 1 aliphatic carbocycles. The molecule has 12 heteroatoms. The van der Waals surface area contributed by atoms with Crippen LogP contribution in [0, 0.1) is 11.6 Å². The summed E-state index contributed by atoms with van der Waals surface area (Å²) in [5, 5.41) is 41.4. The van der Waals surface area contributed by atoms with Gasteiger partial charge in [-0.1, -0.05) is 12.1 Å². The van der Waals surface area contributed by atoms with Gasteiger partial charge in [0.1, 0.15) is 18.3 Å². The summed E-state index contributed by atoms with van der Waals surface area (Å²) in [4.78, 5) is 12.7. The van der Waals surface area contributed by atoms with Crippen molar-refractivity contribution in [1.29, 1.82) is 0 Å². The van der Waals surface area contributed by atoms with E-state index in [1.807, 2.05) is 0 Å². The number of aliphatic hydroxyl groups excluding tert-OH is 2. The highest BCUT2D eigenvalue weighted by Gasteiger charge is 2.63. The summed E-state index contributed by atoms with van der Waals surface area (Å²) >= 11 is 0. The number of nitrogens with one attached hydrogen (secondary N) is 3. The smallest absolute Gasteiger partial charge is 0.239 e. The van der Waals surface area contributed by atoms with E-state index in [2.05, 4.69) is 16.0 Å². The Bertz CT molecular complexity index is 911. The molecule has 0 radical (unpaired) electrons. The van der Waals surface area contributed by atoms with Crippen molar-refractivity contribution in [2.45, 2.75) is 80.5 Å². The number of carbonyl (C=O) groups excluding carboxylic acids is 1. The summed E-state index contributed by atoms with van der Waals surface area (Å²) in [6.45, 7) is 1.72. The van der Waals surface area contributed by atoms with Gasteiger partial charge in [0.05, 0.1) is 36.8 Å². The van der Waals surface area contributed by atoms with Crippen LogP contribution in [0.15, 0.2) is 18.2 Å². The van der Waals surface area contributed by atoms with Gasteiger partial charge in [-0.25, -0.2) is 8.78 Å². The summed E-state index contributed by atoms with van der Waals surface area (Å²) < 4.78 is 45.3. The third-order valence-electron chi connectivity index (χ3n) is 6.87. The monoisotopic (exact) mass is 487 g/mol. The zero-order valence-electron chi connectivity index (χ0n) is 19.1. The summed E-state index contributed by atoms with van der Waals surface area (Å²) in [7, 11) is 3.19. The zero-order chi connectivity index (χ0) is 24.8. The molecular formula is C22H31F2N3O7. The lowest BCUT2D eigenvalue weighted by Gasteiger charge is -2.58. The molecular weight excluding hydrogens is 456 g/mol. The highest BCUT2D eigenvalue weighted by atomic mass is 19.2. The predicted octanol–water partition coefficient (Wildman–Crippen LogP) is -1.49. The van der Waals surface area contributed by atoms with E-state index in [1.54, 1.807) is 21.0 Å². The second kappa shape index (κ2) is 9.70. The summed E-state index contributed by atoms with van der Waals surface area (Å²) in [6, 6.07) is 1.07. The molecule has 10 atom stereocenters. The van der Waals surface area contributed by atoms with Crippen LogP contribution < -0.4 is 16.0 Å². The van der Waals surface area contributed by atoms with E-state index in [9.17, 15) is 28.9 Å². The molecule has 190 valence electrons. The Hall–Kier alpha value is -1.77. The molecule has 2 heterocycles. The van der Waals surface area contributed by atoms with Crippen LogP contribution in [0.1, 0.15) is 18.9 Å². The average Bonchev–Trinajstić information content (AvgIpc) is 2.78. The predicted molar refractivity (Wildman–Crippen MR) is 113 cm³/mol. The number of amides is 1. The first kappa shape index (κ1) is 25.3. The SMILES string of the molecule is CNC1C2OC3(O)C(OC2[C@@H](O)[C@H](NC)[C@@H]1O)O[C@H](C)C[C@H]3NC(=O)Cc1cccc(F)c1F. The van der Waals surface area contributed by atoms with E-state index in [0.29, 0.717) is 0 Å². The molecule has 1 saturated carbocycles. The Labute approximate surface area is 195 Å². The highest BCUT2D eigenvalue weighted by Crippen LogP contribution is 2.42. The molecule has 0 aromatic heterocycles. The topological polar surface area (TPSA) is 142 Å². The minimum Gasteiger partial charge on any atom is -0.390 e. The molecule has 2 aliphatic heterocycles. The molecule has 1 aromatic rings. The molecule has 0 spiro atoms. The number of rotatable bonds is 5. The van der Waals surface area contributed by atoms with Crippen LogP contribution in [0.2, 0.25) is 0 Å². The van der Waals surface area contributed by atoms with E-state index >= 15 is 0 Å². The Morgan fingerprint density at radius 3 is 2.50 bits per heavy atom. The van der Waals surface area contributed by atoms with Crippen molar-refractivity contribution in [3.8, 4) is 0 Å². The van der Waals surface area contributed by atoms with Crippen LogP contribution >= 0.6 is 0 Å². The van der Waals surface area contributed by atoms with Crippen molar-refractivity contribution in [1.82, 2.24) is 16.0 Å². The zero-order valence-corrected chi connectivity index (χ0v) is 19.1. The number of fused-ring (bicyclic) bond motifs is 2. The molecule has 0 bridgehead atoms. The van der Waals surface area contributed by atoms with Gasteiger partial charge in [-0.15, -0.1) is 0 Å². The van der Waals surface area contributed by atoms with Crippen molar-refractivity contribution in [3.05, 3.63) is 35.4 Å². The maximum atomic E-state index is 14.0. The molecule has 6 N–H and O–H groups in total. The van der Waals surface area contributed by atoms with Gasteiger partial charge in [0.25, 0.3) is 0 Å². The lowest BCUT2D eigenvalue weighted by molar-refractivity contribution is -0.449. The fourth-order valence-corrected chi connectivity index (χ4v) is 5.12. The molecule has 10 nitrogen and oxygen atoms in total. The Morgan fingerprint density at radius 2 is 1.82 bits per heavy atom. The molecule has 5 unspecified atom stereocenters. The first-order valence-corrected chi connectivity index (χ1v) is 11.2. The lowest BCUT2D eigenvalue weighted by Crippen LogP contribution is -2.79. The van der Waals surface area contributed by atoms with Gasteiger partial charge in [-0.2, -0.15) is 0 Å². The lowest BCUT2D eigenvalue weighted by atomic mass is 9.79. The van der Waals surface area contributed by atoms with Crippen molar-refractivity contribution in [2.24, 2.45) is 0 Å². The van der Waals surface area contributed by atoms with E-state index in [-0.39, 0.29) is 12.0 Å². The molecule has 1 amide bonds. The van der Waals surface area contributed by atoms with Crippen molar-refractivity contribution >= 4 is 5.91 Å². The van der Waals surface area contributed by atoms with Crippen molar-refractivity contribution in [2.75, 3.05) is 14.1 Å². The third kappa shape index (κ3) is 4.33. The van der Waals surface area contributed by atoms with Crippen LogP contribution in [0.4, 0.5) is 8.78 Å². The number of hydrogen-bond acceptors (Lipinski definition) is 9. The minimum atomic E-state index is -2.16. The molecule has 4 rings (SSSR count). The normalized spacial score (nSPS) is 41.9. The summed E-state index contributed by atoms with van der Waals surface area (Å²) in [5.74, 6) is -5.00. The number of carbonyl (C=O) groups is 1. The number of halogens is 2. The molecule has 3 aliphatic rings. The number of ether oxygens (including phenoxy) is 3. The maximum absolute atomic E-state index is 14.0. The van der Waals surface area contributed by atoms with Gasteiger partial charge in [0.2, 0.25) is 18.0 Å². The van der Waals surface area contributed by atoms with E-state index in [0.717, 1.165) is 6.07 Å². The first-order valence-electron chi connectivity index (χ1n) is 11.2. The van der Waals surface area contributed by atoms with Crippen molar-refractivity contribution in [3.63, 3.8) is 0 Å². The van der Waals surface area contributed by atoms with Gasteiger partial charge in [0, 0.05) is 5.56 Å².